The summed E-state index contributed by atoms with van der Waals surface area (Å²) in [6, 6.07) is 6.79. The first-order valence-corrected chi connectivity index (χ1v) is 10.5. The van der Waals surface area contributed by atoms with Crippen molar-refractivity contribution in [2.75, 3.05) is 12.4 Å². The highest BCUT2D eigenvalue weighted by molar-refractivity contribution is 7.18. The van der Waals surface area contributed by atoms with Crippen molar-refractivity contribution in [3.8, 4) is 16.3 Å². The van der Waals surface area contributed by atoms with E-state index in [0.29, 0.717) is 16.6 Å². The number of ether oxygens (including phenoxy) is 1. The van der Waals surface area contributed by atoms with Crippen molar-refractivity contribution in [3.63, 3.8) is 0 Å². The van der Waals surface area contributed by atoms with E-state index in [4.69, 9.17) is 4.74 Å². The van der Waals surface area contributed by atoms with Gasteiger partial charge in [-0.2, -0.15) is 0 Å². The Hall–Kier alpha value is -2.48. The monoisotopic (exact) mass is 418 g/mol. The molecule has 0 aliphatic rings. The van der Waals surface area contributed by atoms with Gasteiger partial charge in [-0.3, -0.25) is 14.9 Å². The molecule has 0 aliphatic carbocycles. The van der Waals surface area contributed by atoms with Gasteiger partial charge in [-0.1, -0.05) is 39.0 Å². The van der Waals surface area contributed by atoms with Gasteiger partial charge in [-0.15, -0.1) is 10.2 Å². The number of carbonyl (C=O) groups is 2. The molecular weight excluding hydrogens is 388 g/mol. The molecule has 29 heavy (non-hydrogen) atoms. The second kappa shape index (κ2) is 9.82. The summed E-state index contributed by atoms with van der Waals surface area (Å²) in [5, 5.41) is 14.7. The van der Waals surface area contributed by atoms with Crippen LogP contribution < -0.4 is 15.4 Å². The van der Waals surface area contributed by atoms with Crippen LogP contribution in [0.5, 0.6) is 5.75 Å². The van der Waals surface area contributed by atoms with E-state index in [1.165, 1.54) is 11.3 Å². The van der Waals surface area contributed by atoms with Crippen molar-refractivity contribution >= 4 is 28.3 Å². The Kier molecular flexibility index (Phi) is 7.73. The van der Waals surface area contributed by atoms with E-state index in [1.807, 2.05) is 24.3 Å². The first kappa shape index (κ1) is 22.8. The number of aromatic nitrogens is 2. The summed E-state index contributed by atoms with van der Waals surface area (Å²) in [5.41, 5.74) is 1.06. The molecule has 2 amide bonds. The van der Waals surface area contributed by atoms with Crippen LogP contribution in [0.1, 0.15) is 47.5 Å². The summed E-state index contributed by atoms with van der Waals surface area (Å²) in [5.74, 6) is 0.563. The van der Waals surface area contributed by atoms with E-state index < -0.39 is 6.04 Å². The number of methoxy groups -OCH3 is 1. The Morgan fingerprint density at radius 2 is 1.79 bits per heavy atom. The predicted octanol–water partition coefficient (Wildman–Crippen LogP) is 4.12. The summed E-state index contributed by atoms with van der Waals surface area (Å²) < 4.78 is 5.14. The van der Waals surface area contributed by atoms with E-state index in [0.717, 1.165) is 17.7 Å². The molecule has 1 aromatic heterocycles. The molecule has 158 valence electrons. The summed E-state index contributed by atoms with van der Waals surface area (Å²) in [4.78, 5) is 24.6. The predicted molar refractivity (Wildman–Crippen MR) is 116 cm³/mol. The third-order valence-corrected chi connectivity index (χ3v) is 5.15. The third-order valence-electron chi connectivity index (χ3n) is 4.26. The first-order chi connectivity index (χ1) is 13.6. The lowest BCUT2D eigenvalue weighted by atomic mass is 9.84. The summed E-state index contributed by atoms with van der Waals surface area (Å²) in [6.45, 7) is 10.2. The van der Waals surface area contributed by atoms with Crippen molar-refractivity contribution < 1.29 is 14.3 Å². The lowest BCUT2D eigenvalue weighted by molar-refractivity contribution is -0.126. The number of amides is 2. The molecule has 0 radical (unpaired) electrons. The van der Waals surface area contributed by atoms with Gasteiger partial charge in [0.25, 0.3) is 0 Å². The molecule has 1 heterocycles. The number of carbonyl (C=O) groups excluding carboxylic acids is 2. The van der Waals surface area contributed by atoms with E-state index in [1.54, 1.807) is 14.0 Å². The van der Waals surface area contributed by atoms with Crippen LogP contribution in [0.3, 0.4) is 0 Å². The van der Waals surface area contributed by atoms with Gasteiger partial charge in [0, 0.05) is 12.0 Å². The number of benzene rings is 1. The zero-order valence-corrected chi connectivity index (χ0v) is 18.7. The van der Waals surface area contributed by atoms with Crippen molar-refractivity contribution in [2.24, 2.45) is 11.3 Å². The largest absolute Gasteiger partial charge is 0.497 e. The molecule has 0 saturated carbocycles. The minimum absolute atomic E-state index is 0.124. The molecule has 1 aromatic carbocycles. The molecule has 2 aromatic rings. The summed E-state index contributed by atoms with van der Waals surface area (Å²) in [6.07, 6.45) is 1.34. The number of nitrogens with zero attached hydrogens (tertiary/aromatic N) is 2. The maximum atomic E-state index is 12.4. The molecular formula is C21H30N4O3S. The number of anilines is 1. The van der Waals surface area contributed by atoms with Crippen LogP contribution in [0.25, 0.3) is 10.6 Å². The van der Waals surface area contributed by atoms with Gasteiger partial charge >= 0.3 is 0 Å². The zero-order chi connectivity index (χ0) is 21.6. The van der Waals surface area contributed by atoms with E-state index in [9.17, 15) is 9.59 Å². The van der Waals surface area contributed by atoms with Crippen molar-refractivity contribution in [1.82, 2.24) is 15.5 Å². The van der Waals surface area contributed by atoms with Gasteiger partial charge in [-0.05, 0) is 48.9 Å². The molecule has 8 heteroatoms. The van der Waals surface area contributed by atoms with Crippen LogP contribution in [0.2, 0.25) is 0 Å². The lowest BCUT2D eigenvalue weighted by Crippen LogP contribution is -2.42. The molecule has 0 spiro atoms. The molecule has 0 bridgehead atoms. The highest BCUT2D eigenvalue weighted by Crippen LogP contribution is 2.28. The number of hydrogen-bond acceptors (Lipinski definition) is 6. The fourth-order valence-electron chi connectivity index (χ4n) is 3.14. The van der Waals surface area contributed by atoms with Gasteiger partial charge in [-0.25, -0.2) is 0 Å². The SMILES string of the molecule is COc1ccc(-c2nnc(NC(=O)[C@@H](C)NC(=O)C[C@@H](C)CC(C)(C)C)s2)cc1. The first-order valence-electron chi connectivity index (χ1n) is 9.65. The minimum Gasteiger partial charge on any atom is -0.497 e. The smallest absolute Gasteiger partial charge is 0.248 e. The fourth-order valence-corrected chi connectivity index (χ4v) is 3.89. The second-order valence-electron chi connectivity index (χ2n) is 8.49. The van der Waals surface area contributed by atoms with Crippen molar-refractivity contribution in [2.45, 2.75) is 53.5 Å². The Morgan fingerprint density at radius 3 is 2.38 bits per heavy atom. The van der Waals surface area contributed by atoms with Gasteiger partial charge in [0.1, 0.15) is 16.8 Å². The van der Waals surface area contributed by atoms with Crippen molar-refractivity contribution in [1.29, 1.82) is 0 Å². The van der Waals surface area contributed by atoms with Gasteiger partial charge < -0.3 is 10.1 Å². The second-order valence-corrected chi connectivity index (χ2v) is 9.47. The molecule has 0 fully saturated rings. The molecule has 0 aliphatic heterocycles. The van der Waals surface area contributed by atoms with Crippen LogP contribution in [-0.4, -0.2) is 35.2 Å². The minimum atomic E-state index is -0.655. The number of nitrogens with one attached hydrogen (secondary N) is 2. The van der Waals surface area contributed by atoms with Crippen LogP contribution in [-0.2, 0) is 9.59 Å². The van der Waals surface area contributed by atoms with Crippen LogP contribution >= 0.6 is 11.3 Å². The highest BCUT2D eigenvalue weighted by atomic mass is 32.1. The average Bonchev–Trinajstić information content (AvgIpc) is 3.08. The molecule has 2 rings (SSSR count). The summed E-state index contributed by atoms with van der Waals surface area (Å²) in [7, 11) is 1.61. The maximum Gasteiger partial charge on any atom is 0.248 e. The Morgan fingerprint density at radius 1 is 1.14 bits per heavy atom. The van der Waals surface area contributed by atoms with E-state index >= 15 is 0 Å². The van der Waals surface area contributed by atoms with E-state index in [-0.39, 0.29) is 23.1 Å². The van der Waals surface area contributed by atoms with Crippen LogP contribution in [0.4, 0.5) is 5.13 Å². The molecule has 0 unspecified atom stereocenters. The standard InChI is InChI=1S/C21H30N4O3S/c1-13(12-21(3,4)5)11-17(26)22-14(2)18(27)23-20-25-24-19(29-20)15-7-9-16(28-6)10-8-15/h7-10,13-14H,11-12H2,1-6H3,(H,22,26)(H,23,25,27)/t13-,14-/m1/s1. The maximum absolute atomic E-state index is 12.4. The van der Waals surface area contributed by atoms with Gasteiger partial charge in [0.05, 0.1) is 7.11 Å². The lowest BCUT2D eigenvalue weighted by Gasteiger charge is -2.23. The Bertz CT molecular complexity index is 827. The van der Waals surface area contributed by atoms with Crippen LogP contribution in [0.15, 0.2) is 24.3 Å². The van der Waals surface area contributed by atoms with Crippen molar-refractivity contribution in [3.05, 3.63) is 24.3 Å². The zero-order valence-electron chi connectivity index (χ0n) is 17.9. The number of hydrogen-bond donors (Lipinski definition) is 2. The van der Waals surface area contributed by atoms with Gasteiger partial charge in [0.15, 0.2) is 0 Å². The molecule has 7 nitrogen and oxygen atoms in total. The van der Waals surface area contributed by atoms with Crippen LogP contribution in [0, 0.1) is 11.3 Å². The summed E-state index contributed by atoms with van der Waals surface area (Å²) >= 11 is 1.27. The quantitative estimate of drug-likeness (QED) is 0.673. The molecule has 2 N–H and O–H groups in total. The van der Waals surface area contributed by atoms with E-state index in [2.05, 4.69) is 48.5 Å². The Balaban J connectivity index is 1.87. The fraction of sp³-hybridized carbons (Fsp3) is 0.524. The Labute approximate surface area is 176 Å². The molecule has 2 atom stereocenters. The molecule has 0 saturated heterocycles. The topological polar surface area (TPSA) is 93.2 Å². The normalized spacial score (nSPS) is 13.4. The number of rotatable bonds is 8. The van der Waals surface area contributed by atoms with Gasteiger partial charge in [0.2, 0.25) is 16.9 Å². The third kappa shape index (κ3) is 7.45. The highest BCUT2D eigenvalue weighted by Gasteiger charge is 2.21. The average molecular weight is 419 g/mol.